The number of nitrogens with one attached hydrogen (secondary N) is 1. The molecule has 0 atom stereocenters. The number of ether oxygens (including phenoxy) is 1. The summed E-state index contributed by atoms with van der Waals surface area (Å²) in [6.07, 6.45) is 0. The number of fused-ring (bicyclic) bond motifs is 1. The summed E-state index contributed by atoms with van der Waals surface area (Å²) in [5, 5.41) is 2.21. The van der Waals surface area contributed by atoms with Crippen molar-refractivity contribution in [3.63, 3.8) is 0 Å². The molecule has 1 aromatic carbocycles. The van der Waals surface area contributed by atoms with Gasteiger partial charge in [-0.15, -0.1) is 0 Å². The van der Waals surface area contributed by atoms with Crippen LogP contribution >= 0.6 is 0 Å². The number of hydrogen-bond donors (Lipinski definition) is 2. The number of nitrogen functional groups attached to an aromatic ring is 1. The van der Waals surface area contributed by atoms with Crippen molar-refractivity contribution in [2.45, 2.75) is 0 Å². The fourth-order valence-electron chi connectivity index (χ4n) is 1.16. The Labute approximate surface area is 77.7 Å². The van der Waals surface area contributed by atoms with Gasteiger partial charge >= 0.3 is 0 Å². The van der Waals surface area contributed by atoms with Crippen LogP contribution in [0.3, 0.4) is 0 Å². The van der Waals surface area contributed by atoms with Crippen LogP contribution in [0, 0.1) is 11.6 Å². The normalized spacial score (nSPS) is 14.3. The molecule has 0 fully saturated rings. The highest BCUT2D eigenvalue weighted by Gasteiger charge is 2.23. The predicted molar refractivity (Wildman–Crippen MR) is 44.9 cm³/mol. The number of nitrogens with two attached hydrogens (primary N) is 1. The molecule has 1 amide bonds. The quantitative estimate of drug-likeness (QED) is 0.611. The summed E-state index contributed by atoms with van der Waals surface area (Å²) in [5.41, 5.74) is 4.26. The molecule has 0 saturated carbocycles. The van der Waals surface area contributed by atoms with Crippen LogP contribution in [0.2, 0.25) is 0 Å². The van der Waals surface area contributed by atoms with Crippen molar-refractivity contribution in [3.8, 4) is 5.75 Å². The number of anilines is 2. The van der Waals surface area contributed by atoms with E-state index in [2.05, 4.69) is 5.32 Å². The van der Waals surface area contributed by atoms with Crippen LogP contribution in [0.15, 0.2) is 6.07 Å². The molecule has 6 heteroatoms. The Balaban J connectivity index is 2.60. The summed E-state index contributed by atoms with van der Waals surface area (Å²) in [7, 11) is 0. The smallest absolute Gasteiger partial charge is 0.262 e. The van der Waals surface area contributed by atoms with E-state index in [4.69, 9.17) is 10.5 Å². The molecule has 0 spiro atoms. The van der Waals surface area contributed by atoms with Gasteiger partial charge in [-0.1, -0.05) is 0 Å². The molecule has 2 rings (SSSR count). The molecule has 4 nitrogen and oxygen atoms in total. The first-order valence-corrected chi connectivity index (χ1v) is 3.79. The van der Waals surface area contributed by atoms with E-state index >= 15 is 0 Å². The highest BCUT2D eigenvalue weighted by atomic mass is 19.1. The largest absolute Gasteiger partial charge is 0.481 e. The maximum Gasteiger partial charge on any atom is 0.262 e. The molecule has 1 aromatic rings. The molecule has 3 N–H and O–H groups in total. The van der Waals surface area contributed by atoms with Gasteiger partial charge in [-0.2, -0.15) is 0 Å². The molecule has 0 aliphatic carbocycles. The van der Waals surface area contributed by atoms with Gasteiger partial charge in [0, 0.05) is 6.07 Å². The standard InChI is InChI=1S/C8H6F2N2O2/c9-3-1-4-8(6(10)7(3)11)12-5(13)2-14-4/h1H,2,11H2,(H,12,13). The lowest BCUT2D eigenvalue weighted by Crippen LogP contribution is -2.26. The van der Waals surface area contributed by atoms with E-state index in [9.17, 15) is 13.6 Å². The van der Waals surface area contributed by atoms with Gasteiger partial charge in [-0.05, 0) is 0 Å². The van der Waals surface area contributed by atoms with Gasteiger partial charge in [0.15, 0.2) is 18.2 Å². The molecular formula is C8H6F2N2O2. The summed E-state index contributed by atoms with van der Waals surface area (Å²) in [4.78, 5) is 10.8. The summed E-state index contributed by atoms with van der Waals surface area (Å²) >= 11 is 0. The molecule has 0 radical (unpaired) electrons. The van der Waals surface area contributed by atoms with Crippen molar-refractivity contribution in [3.05, 3.63) is 17.7 Å². The van der Waals surface area contributed by atoms with Crippen LogP contribution in [-0.4, -0.2) is 12.5 Å². The zero-order valence-corrected chi connectivity index (χ0v) is 6.93. The lowest BCUT2D eigenvalue weighted by molar-refractivity contribution is -0.118. The Hall–Kier alpha value is -1.85. The second kappa shape index (κ2) is 2.83. The number of carbonyl (C=O) groups is 1. The van der Waals surface area contributed by atoms with E-state index in [1.165, 1.54) is 0 Å². The van der Waals surface area contributed by atoms with Gasteiger partial charge in [0.2, 0.25) is 0 Å². The number of hydrogen-bond acceptors (Lipinski definition) is 3. The molecule has 0 bridgehead atoms. The first-order chi connectivity index (χ1) is 6.59. The average Bonchev–Trinajstić information content (AvgIpc) is 2.16. The van der Waals surface area contributed by atoms with Crippen LogP contribution in [0.4, 0.5) is 20.2 Å². The Morgan fingerprint density at radius 3 is 2.93 bits per heavy atom. The Morgan fingerprint density at radius 2 is 2.21 bits per heavy atom. The lowest BCUT2D eigenvalue weighted by Gasteiger charge is -2.19. The Bertz CT molecular complexity index is 420. The van der Waals surface area contributed by atoms with Crippen LogP contribution in [0.5, 0.6) is 5.75 Å². The predicted octanol–water partition coefficient (Wildman–Crippen LogP) is 0.878. The molecule has 14 heavy (non-hydrogen) atoms. The lowest BCUT2D eigenvalue weighted by atomic mass is 10.2. The van der Waals surface area contributed by atoms with E-state index in [0.29, 0.717) is 0 Å². The van der Waals surface area contributed by atoms with Gasteiger partial charge < -0.3 is 15.8 Å². The minimum absolute atomic E-state index is 0.0474. The van der Waals surface area contributed by atoms with Crippen LogP contribution < -0.4 is 15.8 Å². The molecule has 0 saturated heterocycles. The van der Waals surface area contributed by atoms with Crippen molar-refractivity contribution in [2.24, 2.45) is 0 Å². The monoisotopic (exact) mass is 200 g/mol. The second-order valence-corrected chi connectivity index (χ2v) is 2.80. The summed E-state index contributed by atoms with van der Waals surface area (Å²) in [6, 6.07) is 0.938. The third-order valence-corrected chi connectivity index (χ3v) is 1.84. The van der Waals surface area contributed by atoms with Crippen molar-refractivity contribution < 1.29 is 18.3 Å². The minimum Gasteiger partial charge on any atom is -0.481 e. The zero-order valence-electron chi connectivity index (χ0n) is 6.93. The van der Waals surface area contributed by atoms with Gasteiger partial charge in [0.1, 0.15) is 17.1 Å². The van der Waals surface area contributed by atoms with Crippen LogP contribution in [0.25, 0.3) is 0 Å². The fourth-order valence-corrected chi connectivity index (χ4v) is 1.16. The maximum absolute atomic E-state index is 13.3. The summed E-state index contributed by atoms with van der Waals surface area (Å²) < 4.78 is 31.0. The molecule has 1 aliphatic rings. The van der Waals surface area contributed by atoms with Crippen LogP contribution in [0.1, 0.15) is 0 Å². The number of rotatable bonds is 0. The summed E-state index contributed by atoms with van der Waals surface area (Å²) in [5.74, 6) is -2.46. The van der Waals surface area contributed by atoms with Gasteiger partial charge in [0.25, 0.3) is 5.91 Å². The summed E-state index contributed by atoms with van der Waals surface area (Å²) in [6.45, 7) is -0.254. The number of halogens is 2. The highest BCUT2D eigenvalue weighted by Crippen LogP contribution is 2.35. The number of amides is 1. The molecule has 1 heterocycles. The van der Waals surface area contributed by atoms with Gasteiger partial charge in [-0.3, -0.25) is 4.79 Å². The molecule has 0 unspecified atom stereocenters. The second-order valence-electron chi connectivity index (χ2n) is 2.80. The molecular weight excluding hydrogens is 194 g/mol. The van der Waals surface area contributed by atoms with E-state index in [1.54, 1.807) is 0 Å². The molecule has 0 aromatic heterocycles. The van der Waals surface area contributed by atoms with Gasteiger partial charge in [-0.25, -0.2) is 8.78 Å². The van der Waals surface area contributed by atoms with E-state index < -0.39 is 23.2 Å². The average molecular weight is 200 g/mol. The SMILES string of the molecule is Nc1c(F)cc2c(c1F)NC(=O)CO2. The molecule has 1 aliphatic heterocycles. The minimum atomic E-state index is -1.01. The number of benzene rings is 1. The zero-order chi connectivity index (χ0) is 10.3. The number of carbonyl (C=O) groups excluding carboxylic acids is 1. The third kappa shape index (κ3) is 1.15. The van der Waals surface area contributed by atoms with Crippen molar-refractivity contribution >= 4 is 17.3 Å². The first-order valence-electron chi connectivity index (χ1n) is 3.79. The highest BCUT2D eigenvalue weighted by molar-refractivity contribution is 5.96. The Kier molecular flexibility index (Phi) is 1.77. The van der Waals surface area contributed by atoms with E-state index in [-0.39, 0.29) is 18.0 Å². The first kappa shape index (κ1) is 8.74. The van der Waals surface area contributed by atoms with Crippen molar-refractivity contribution in [1.29, 1.82) is 0 Å². The topological polar surface area (TPSA) is 64.3 Å². The fraction of sp³-hybridized carbons (Fsp3) is 0.125. The molecule has 74 valence electrons. The van der Waals surface area contributed by atoms with Crippen molar-refractivity contribution in [1.82, 2.24) is 0 Å². The maximum atomic E-state index is 13.3. The van der Waals surface area contributed by atoms with E-state index in [0.717, 1.165) is 6.07 Å². The van der Waals surface area contributed by atoms with Crippen LogP contribution in [-0.2, 0) is 4.79 Å². The van der Waals surface area contributed by atoms with E-state index in [1.807, 2.05) is 0 Å². The third-order valence-electron chi connectivity index (χ3n) is 1.84. The van der Waals surface area contributed by atoms with Crippen molar-refractivity contribution in [2.75, 3.05) is 17.7 Å². The Morgan fingerprint density at radius 1 is 1.50 bits per heavy atom. The van der Waals surface area contributed by atoms with Gasteiger partial charge in [0.05, 0.1) is 0 Å².